The number of hydrogen-bond donors (Lipinski definition) is 8. The van der Waals surface area contributed by atoms with Crippen LogP contribution >= 0.6 is 0 Å². The van der Waals surface area contributed by atoms with Crippen molar-refractivity contribution in [3.05, 3.63) is 0 Å². The van der Waals surface area contributed by atoms with Crippen molar-refractivity contribution in [3.63, 3.8) is 0 Å². The number of likely N-dealkylation sites (tertiary alicyclic amines) is 1. The highest BCUT2D eigenvalue weighted by molar-refractivity contribution is 5.94. The average Bonchev–Trinajstić information content (AvgIpc) is 3.26. The minimum Gasteiger partial charge on any atom is -0.480 e. The fourth-order valence-corrected chi connectivity index (χ4v) is 3.44. The summed E-state index contributed by atoms with van der Waals surface area (Å²) in [7, 11) is 0. The van der Waals surface area contributed by atoms with E-state index in [1.165, 1.54) is 4.90 Å². The molecule has 4 amide bonds. The van der Waals surface area contributed by atoms with Crippen molar-refractivity contribution < 1.29 is 34.2 Å². The van der Waals surface area contributed by atoms with Crippen molar-refractivity contribution in [1.82, 2.24) is 15.5 Å². The van der Waals surface area contributed by atoms with Gasteiger partial charge in [-0.15, -0.1) is 0 Å². The maximum absolute atomic E-state index is 12.9. The zero-order valence-corrected chi connectivity index (χ0v) is 18.8. The van der Waals surface area contributed by atoms with E-state index in [-0.39, 0.29) is 18.8 Å². The molecular formula is C19H34N8O7. The Balaban J connectivity index is 2.83. The molecule has 4 unspecified atom stereocenters. The van der Waals surface area contributed by atoms with Crippen LogP contribution in [-0.4, -0.2) is 94.5 Å². The Morgan fingerprint density at radius 2 is 1.74 bits per heavy atom. The van der Waals surface area contributed by atoms with Gasteiger partial charge in [-0.25, -0.2) is 4.79 Å². The number of aliphatic hydroxyl groups is 1. The Labute approximate surface area is 196 Å². The third-order valence-corrected chi connectivity index (χ3v) is 5.23. The van der Waals surface area contributed by atoms with Crippen molar-refractivity contribution in [2.45, 2.75) is 62.7 Å². The Hall–Kier alpha value is -3.46. The van der Waals surface area contributed by atoms with Crippen LogP contribution < -0.4 is 33.6 Å². The van der Waals surface area contributed by atoms with Crippen molar-refractivity contribution in [1.29, 1.82) is 0 Å². The normalized spacial score (nSPS) is 17.8. The summed E-state index contributed by atoms with van der Waals surface area (Å²) in [4.78, 5) is 65.6. The van der Waals surface area contributed by atoms with Gasteiger partial charge in [-0.3, -0.25) is 24.2 Å². The van der Waals surface area contributed by atoms with E-state index >= 15 is 0 Å². The summed E-state index contributed by atoms with van der Waals surface area (Å²) in [5, 5.41) is 22.7. The van der Waals surface area contributed by atoms with E-state index < -0.39 is 60.4 Å². The molecule has 1 fully saturated rings. The highest BCUT2D eigenvalue weighted by Crippen LogP contribution is 2.19. The lowest BCUT2D eigenvalue weighted by atomic mass is 10.1. The molecule has 0 aromatic rings. The van der Waals surface area contributed by atoms with Crippen LogP contribution in [0.3, 0.4) is 0 Å². The Morgan fingerprint density at radius 3 is 2.29 bits per heavy atom. The van der Waals surface area contributed by atoms with E-state index in [9.17, 15) is 24.0 Å². The zero-order chi connectivity index (χ0) is 25.8. The summed E-state index contributed by atoms with van der Waals surface area (Å²) in [6.07, 6.45) is 1.16. The van der Waals surface area contributed by atoms with Crippen molar-refractivity contribution >= 4 is 35.6 Å². The van der Waals surface area contributed by atoms with E-state index in [0.29, 0.717) is 38.8 Å². The predicted molar refractivity (Wildman–Crippen MR) is 120 cm³/mol. The lowest BCUT2D eigenvalue weighted by molar-refractivity contribution is -0.144. The van der Waals surface area contributed by atoms with Gasteiger partial charge in [0.2, 0.25) is 23.6 Å². The number of nitrogens with one attached hydrogen (secondary N) is 2. The lowest BCUT2D eigenvalue weighted by Crippen LogP contribution is -2.57. The number of aliphatic imine (C=N–C) groups is 1. The number of hydrogen-bond acceptors (Lipinski definition) is 8. The summed E-state index contributed by atoms with van der Waals surface area (Å²) in [6, 6.07) is -4.67. The van der Waals surface area contributed by atoms with Gasteiger partial charge < -0.3 is 48.7 Å². The van der Waals surface area contributed by atoms with Crippen LogP contribution in [0.4, 0.5) is 0 Å². The molecule has 4 atom stereocenters. The third kappa shape index (κ3) is 9.19. The maximum Gasteiger partial charge on any atom is 0.328 e. The summed E-state index contributed by atoms with van der Waals surface area (Å²) in [5.74, 6) is -4.28. The Morgan fingerprint density at radius 1 is 1.06 bits per heavy atom. The predicted octanol–water partition coefficient (Wildman–Crippen LogP) is -4.33. The van der Waals surface area contributed by atoms with Crippen LogP contribution in [0, 0.1) is 0 Å². The molecule has 0 bridgehead atoms. The van der Waals surface area contributed by atoms with Crippen LogP contribution in [0.25, 0.3) is 0 Å². The van der Waals surface area contributed by atoms with Crippen molar-refractivity contribution in [2.75, 3.05) is 19.7 Å². The second-order valence-electron chi connectivity index (χ2n) is 7.89. The van der Waals surface area contributed by atoms with Crippen LogP contribution in [0.5, 0.6) is 0 Å². The molecule has 1 saturated heterocycles. The first kappa shape index (κ1) is 28.6. The number of primary amides is 1. The molecule has 15 nitrogen and oxygen atoms in total. The standard InChI is InChI=1S/C19H34N8O7/c20-10(3-1-7-24-19(22)23)17(32)27-8-2-4-13(27)16(31)25-11(5-6-14(21)29)15(30)26-12(9-28)18(33)34/h10-13,28H,1-9,20H2,(H2,21,29)(H,25,31)(H,26,30)(H,33,34)(H4,22,23,24). The second-order valence-corrected chi connectivity index (χ2v) is 7.89. The summed E-state index contributed by atoms with van der Waals surface area (Å²) in [5.41, 5.74) is 21.6. The first-order chi connectivity index (χ1) is 16.0. The van der Waals surface area contributed by atoms with Gasteiger partial charge in [-0.2, -0.15) is 0 Å². The van der Waals surface area contributed by atoms with E-state index in [1.807, 2.05) is 0 Å². The first-order valence-corrected chi connectivity index (χ1v) is 10.8. The molecule has 0 spiro atoms. The minimum atomic E-state index is -1.60. The zero-order valence-electron chi connectivity index (χ0n) is 18.8. The summed E-state index contributed by atoms with van der Waals surface area (Å²) >= 11 is 0. The molecule has 15 heteroatoms. The quantitative estimate of drug-likeness (QED) is 0.0664. The SMILES string of the molecule is NC(=O)CCC(NC(=O)C1CCCN1C(=O)C(N)CCCN=C(N)N)C(=O)NC(CO)C(=O)O. The fraction of sp³-hybridized carbons (Fsp3) is 0.684. The van der Waals surface area contributed by atoms with Crippen LogP contribution in [0.15, 0.2) is 4.99 Å². The highest BCUT2D eigenvalue weighted by Gasteiger charge is 2.37. The van der Waals surface area contributed by atoms with Gasteiger partial charge in [0.15, 0.2) is 5.96 Å². The summed E-state index contributed by atoms with van der Waals surface area (Å²) in [6.45, 7) is -0.277. The van der Waals surface area contributed by atoms with Crippen LogP contribution in [0.2, 0.25) is 0 Å². The second kappa shape index (κ2) is 13.9. The fourth-order valence-electron chi connectivity index (χ4n) is 3.44. The number of carbonyl (C=O) groups excluding carboxylic acids is 4. The molecule has 12 N–H and O–H groups in total. The smallest absolute Gasteiger partial charge is 0.328 e. The van der Waals surface area contributed by atoms with E-state index in [0.717, 1.165) is 0 Å². The van der Waals surface area contributed by atoms with E-state index in [4.69, 9.17) is 33.1 Å². The number of aliphatic carboxylic acids is 1. The number of guanidine groups is 1. The average molecular weight is 487 g/mol. The number of carboxylic acids is 1. The maximum atomic E-state index is 12.9. The number of nitrogens with zero attached hydrogens (tertiary/aromatic N) is 2. The summed E-state index contributed by atoms with van der Waals surface area (Å²) < 4.78 is 0. The Bertz CT molecular complexity index is 787. The third-order valence-electron chi connectivity index (χ3n) is 5.23. The molecule has 0 aromatic heterocycles. The van der Waals surface area contributed by atoms with Gasteiger partial charge in [0, 0.05) is 19.5 Å². The molecule has 0 aliphatic carbocycles. The van der Waals surface area contributed by atoms with Gasteiger partial charge in [-0.05, 0) is 32.1 Å². The minimum absolute atomic E-state index is 0.0697. The van der Waals surface area contributed by atoms with Gasteiger partial charge in [0.1, 0.15) is 18.1 Å². The highest BCUT2D eigenvalue weighted by atomic mass is 16.4. The van der Waals surface area contributed by atoms with E-state index in [2.05, 4.69) is 15.6 Å². The molecule has 192 valence electrons. The van der Waals surface area contributed by atoms with E-state index in [1.54, 1.807) is 0 Å². The van der Waals surface area contributed by atoms with Crippen molar-refractivity contribution in [2.24, 2.45) is 27.9 Å². The molecule has 1 aliphatic heterocycles. The molecule has 1 aliphatic rings. The number of carboxylic acid groups (broad SMARTS) is 1. The number of aliphatic hydroxyl groups excluding tert-OH is 1. The first-order valence-electron chi connectivity index (χ1n) is 10.8. The van der Waals surface area contributed by atoms with Crippen LogP contribution in [-0.2, 0) is 24.0 Å². The molecular weight excluding hydrogens is 452 g/mol. The Kier molecular flexibility index (Phi) is 11.7. The van der Waals surface area contributed by atoms with Crippen LogP contribution in [0.1, 0.15) is 38.5 Å². The van der Waals surface area contributed by atoms with Gasteiger partial charge in [0.05, 0.1) is 12.6 Å². The monoisotopic (exact) mass is 486 g/mol. The molecule has 1 rings (SSSR count). The van der Waals surface area contributed by atoms with Gasteiger partial charge in [-0.1, -0.05) is 0 Å². The molecule has 1 heterocycles. The number of rotatable bonds is 14. The van der Waals surface area contributed by atoms with Crippen molar-refractivity contribution in [3.8, 4) is 0 Å². The van der Waals surface area contributed by atoms with Gasteiger partial charge in [0.25, 0.3) is 0 Å². The number of amides is 4. The molecule has 34 heavy (non-hydrogen) atoms. The molecule has 0 radical (unpaired) electrons. The lowest BCUT2D eigenvalue weighted by Gasteiger charge is -2.28. The largest absolute Gasteiger partial charge is 0.480 e. The van der Waals surface area contributed by atoms with Gasteiger partial charge >= 0.3 is 5.97 Å². The molecule has 0 aromatic carbocycles. The number of carbonyl (C=O) groups is 5. The number of nitrogens with two attached hydrogens (primary N) is 4. The topological polar surface area (TPSA) is 270 Å². The molecule has 0 saturated carbocycles.